The Balaban J connectivity index is 1.92. The molecule has 2 aliphatic rings. The standard InChI is InChI=1S/C19H26O2/c1-3-4-5-15-12(2)19(21)11-18-16-9-7-14(20)10-13(16)6-8-17(15)18/h7,9-10,12,15,17-18,20H,3-6,8,11H2,1-2H3/t12?,15-,17+,18+/m1/s1. The number of hydrogen-bond donors (Lipinski definition) is 1. The highest BCUT2D eigenvalue weighted by atomic mass is 16.3. The van der Waals surface area contributed by atoms with E-state index in [9.17, 15) is 9.90 Å². The lowest BCUT2D eigenvalue weighted by atomic mass is 9.59. The van der Waals surface area contributed by atoms with E-state index < -0.39 is 0 Å². The fourth-order valence-electron chi connectivity index (χ4n) is 4.61. The van der Waals surface area contributed by atoms with Gasteiger partial charge in [-0.2, -0.15) is 0 Å². The normalized spacial score (nSPS) is 31.6. The molecule has 4 atom stereocenters. The topological polar surface area (TPSA) is 37.3 Å². The van der Waals surface area contributed by atoms with Crippen molar-refractivity contribution >= 4 is 5.78 Å². The largest absolute Gasteiger partial charge is 0.508 e. The van der Waals surface area contributed by atoms with E-state index in [1.165, 1.54) is 36.8 Å². The fraction of sp³-hybridized carbons (Fsp3) is 0.632. The Morgan fingerprint density at radius 3 is 2.90 bits per heavy atom. The number of carbonyl (C=O) groups is 1. The number of Topliss-reactive ketones (excluding diaryl/α,β-unsaturated/α-hetero) is 1. The van der Waals surface area contributed by atoms with E-state index in [2.05, 4.69) is 19.9 Å². The van der Waals surface area contributed by atoms with Gasteiger partial charge in [-0.3, -0.25) is 4.79 Å². The Labute approximate surface area is 127 Å². The second-order valence-electron chi connectivity index (χ2n) is 6.96. The molecule has 1 aromatic carbocycles. The molecule has 0 amide bonds. The van der Waals surface area contributed by atoms with Crippen molar-refractivity contribution in [1.82, 2.24) is 0 Å². The third-order valence-corrected chi connectivity index (χ3v) is 5.80. The molecule has 2 nitrogen and oxygen atoms in total. The number of hydrogen-bond acceptors (Lipinski definition) is 2. The number of aromatic hydroxyl groups is 1. The van der Waals surface area contributed by atoms with Gasteiger partial charge in [0.1, 0.15) is 11.5 Å². The third-order valence-electron chi connectivity index (χ3n) is 5.80. The van der Waals surface area contributed by atoms with E-state index >= 15 is 0 Å². The van der Waals surface area contributed by atoms with Crippen molar-refractivity contribution in [3.8, 4) is 5.75 Å². The molecule has 0 saturated heterocycles. The Morgan fingerprint density at radius 1 is 1.33 bits per heavy atom. The highest BCUT2D eigenvalue weighted by Crippen LogP contribution is 2.50. The van der Waals surface area contributed by atoms with Gasteiger partial charge >= 0.3 is 0 Å². The molecule has 1 fully saturated rings. The summed E-state index contributed by atoms with van der Waals surface area (Å²) in [6.07, 6.45) is 6.55. The molecule has 2 aliphatic carbocycles. The molecule has 0 heterocycles. The lowest BCUT2D eigenvalue weighted by Gasteiger charge is -2.45. The maximum absolute atomic E-state index is 12.4. The molecular weight excluding hydrogens is 260 g/mol. The Hall–Kier alpha value is -1.31. The van der Waals surface area contributed by atoms with Crippen molar-refractivity contribution in [3.05, 3.63) is 29.3 Å². The lowest BCUT2D eigenvalue weighted by molar-refractivity contribution is -0.129. The number of phenolic OH excluding ortho intramolecular Hbond substituents is 1. The van der Waals surface area contributed by atoms with Crippen molar-refractivity contribution in [2.75, 3.05) is 0 Å². The maximum atomic E-state index is 12.4. The van der Waals surface area contributed by atoms with Gasteiger partial charge in [0.2, 0.25) is 0 Å². The van der Waals surface area contributed by atoms with Crippen LogP contribution in [0.2, 0.25) is 0 Å². The number of rotatable bonds is 3. The van der Waals surface area contributed by atoms with E-state index in [0.717, 1.165) is 6.42 Å². The van der Waals surface area contributed by atoms with E-state index in [4.69, 9.17) is 0 Å². The molecule has 0 radical (unpaired) electrons. The zero-order valence-electron chi connectivity index (χ0n) is 13.1. The van der Waals surface area contributed by atoms with Gasteiger partial charge in [-0.1, -0.05) is 32.8 Å². The van der Waals surface area contributed by atoms with Gasteiger partial charge in [0.05, 0.1) is 0 Å². The minimum absolute atomic E-state index is 0.233. The Morgan fingerprint density at radius 2 is 2.14 bits per heavy atom. The van der Waals surface area contributed by atoms with Crippen molar-refractivity contribution < 1.29 is 9.90 Å². The Kier molecular flexibility index (Phi) is 4.05. The van der Waals surface area contributed by atoms with E-state index in [1.54, 1.807) is 6.07 Å². The van der Waals surface area contributed by atoms with Crippen LogP contribution in [0.15, 0.2) is 18.2 Å². The summed E-state index contributed by atoms with van der Waals surface area (Å²) in [6, 6.07) is 5.74. The first-order valence-electron chi connectivity index (χ1n) is 8.46. The van der Waals surface area contributed by atoms with Gasteiger partial charge in [0.25, 0.3) is 0 Å². The summed E-state index contributed by atoms with van der Waals surface area (Å²) in [4.78, 5) is 12.4. The predicted octanol–water partition coefficient (Wildman–Crippen LogP) is 4.45. The van der Waals surface area contributed by atoms with Crippen LogP contribution in [-0.2, 0) is 11.2 Å². The van der Waals surface area contributed by atoms with Gasteiger partial charge in [-0.15, -0.1) is 0 Å². The number of aryl methyl sites for hydroxylation is 1. The molecule has 0 aliphatic heterocycles. The molecule has 1 saturated carbocycles. The van der Waals surface area contributed by atoms with Crippen molar-refractivity contribution in [1.29, 1.82) is 0 Å². The first-order chi connectivity index (χ1) is 10.1. The third kappa shape index (κ3) is 2.61. The molecule has 2 heteroatoms. The van der Waals surface area contributed by atoms with E-state index in [-0.39, 0.29) is 5.92 Å². The monoisotopic (exact) mass is 286 g/mol. The van der Waals surface area contributed by atoms with Crippen LogP contribution in [0.4, 0.5) is 0 Å². The van der Waals surface area contributed by atoms with Crippen LogP contribution < -0.4 is 0 Å². The summed E-state index contributed by atoms with van der Waals surface area (Å²) in [5, 5.41) is 9.68. The summed E-state index contributed by atoms with van der Waals surface area (Å²) < 4.78 is 0. The number of carbonyl (C=O) groups excluding carboxylic acids is 1. The zero-order valence-corrected chi connectivity index (χ0v) is 13.1. The van der Waals surface area contributed by atoms with Crippen LogP contribution in [0.25, 0.3) is 0 Å². The number of fused-ring (bicyclic) bond motifs is 3. The summed E-state index contributed by atoms with van der Waals surface area (Å²) in [7, 11) is 0. The first kappa shape index (κ1) is 14.6. The number of unbranched alkanes of at least 4 members (excludes halogenated alkanes) is 1. The van der Waals surface area contributed by atoms with Crippen LogP contribution in [0.5, 0.6) is 5.75 Å². The van der Waals surface area contributed by atoms with Crippen LogP contribution in [0.1, 0.15) is 63.0 Å². The van der Waals surface area contributed by atoms with E-state index in [1.807, 2.05) is 6.07 Å². The zero-order chi connectivity index (χ0) is 15.0. The lowest BCUT2D eigenvalue weighted by Crippen LogP contribution is -2.40. The second-order valence-corrected chi connectivity index (χ2v) is 6.96. The second kappa shape index (κ2) is 5.82. The number of ketones is 1. The van der Waals surface area contributed by atoms with Gasteiger partial charge < -0.3 is 5.11 Å². The highest BCUT2D eigenvalue weighted by molar-refractivity contribution is 5.83. The van der Waals surface area contributed by atoms with Crippen molar-refractivity contribution in [3.63, 3.8) is 0 Å². The molecule has 0 bridgehead atoms. The molecule has 114 valence electrons. The molecular formula is C19H26O2. The molecule has 21 heavy (non-hydrogen) atoms. The summed E-state index contributed by atoms with van der Waals surface area (Å²) in [5.74, 6) is 2.62. The van der Waals surface area contributed by atoms with Gasteiger partial charge in [-0.25, -0.2) is 0 Å². The molecule has 3 rings (SSSR count). The number of benzene rings is 1. The summed E-state index contributed by atoms with van der Waals surface area (Å²) >= 11 is 0. The SMILES string of the molecule is CCCC[C@@H]1C(C)C(=O)C[C@H]2c3ccc(O)cc3CC[C@@H]12. The minimum atomic E-state index is 0.233. The summed E-state index contributed by atoms with van der Waals surface area (Å²) in [5.41, 5.74) is 2.58. The quantitative estimate of drug-likeness (QED) is 0.891. The average Bonchev–Trinajstić information content (AvgIpc) is 2.47. The average molecular weight is 286 g/mol. The molecule has 1 unspecified atom stereocenters. The minimum Gasteiger partial charge on any atom is -0.508 e. The van der Waals surface area contributed by atoms with Crippen LogP contribution in [-0.4, -0.2) is 10.9 Å². The fourth-order valence-corrected chi connectivity index (χ4v) is 4.61. The first-order valence-corrected chi connectivity index (χ1v) is 8.46. The molecule has 0 spiro atoms. The highest BCUT2D eigenvalue weighted by Gasteiger charge is 2.44. The Bertz CT molecular complexity index is 534. The van der Waals surface area contributed by atoms with Crippen LogP contribution in [0, 0.1) is 17.8 Å². The van der Waals surface area contributed by atoms with Gasteiger partial charge in [0.15, 0.2) is 0 Å². The van der Waals surface area contributed by atoms with Gasteiger partial charge in [0, 0.05) is 12.3 Å². The predicted molar refractivity (Wildman–Crippen MR) is 84.5 cm³/mol. The smallest absolute Gasteiger partial charge is 0.136 e. The molecule has 0 aromatic heterocycles. The number of phenols is 1. The molecule has 1 aromatic rings. The van der Waals surface area contributed by atoms with Gasteiger partial charge in [-0.05, 0) is 60.3 Å². The van der Waals surface area contributed by atoms with Crippen LogP contribution in [0.3, 0.4) is 0 Å². The van der Waals surface area contributed by atoms with Crippen molar-refractivity contribution in [2.24, 2.45) is 17.8 Å². The van der Waals surface area contributed by atoms with Crippen molar-refractivity contribution in [2.45, 2.75) is 58.3 Å². The maximum Gasteiger partial charge on any atom is 0.136 e. The van der Waals surface area contributed by atoms with Crippen LogP contribution >= 0.6 is 0 Å². The molecule has 1 N–H and O–H groups in total. The summed E-state index contributed by atoms with van der Waals surface area (Å²) in [6.45, 7) is 4.37. The van der Waals surface area contributed by atoms with E-state index in [0.29, 0.717) is 35.7 Å².